The molecule has 1 aliphatic heterocycles. The average Bonchev–Trinajstić information content (AvgIpc) is 3.12. The van der Waals surface area contributed by atoms with E-state index in [1.54, 1.807) is 50.3 Å². The minimum atomic E-state index is -1.04. The molecule has 0 fully saturated rings. The summed E-state index contributed by atoms with van der Waals surface area (Å²) in [5.41, 5.74) is 12.1. The number of ketones is 3. The average molecular weight is 714 g/mol. The fraction of sp³-hybridized carbons (Fsp3) is 0.375. The van der Waals surface area contributed by atoms with Crippen molar-refractivity contribution in [3.63, 3.8) is 0 Å². The number of methoxy groups -OCH3 is 2. The van der Waals surface area contributed by atoms with Gasteiger partial charge in [0.1, 0.15) is 6.10 Å². The summed E-state index contributed by atoms with van der Waals surface area (Å²) in [6.07, 6.45) is 2.92. The predicted molar refractivity (Wildman–Crippen MR) is 196 cm³/mol. The van der Waals surface area contributed by atoms with E-state index in [1.165, 1.54) is 33.3 Å². The lowest BCUT2D eigenvalue weighted by Crippen LogP contribution is -2.41. The minimum Gasteiger partial charge on any atom is -0.439 e. The van der Waals surface area contributed by atoms with Crippen LogP contribution in [0.4, 0.5) is 4.79 Å². The first-order chi connectivity index (χ1) is 24.7. The van der Waals surface area contributed by atoms with E-state index in [4.69, 9.17) is 25.7 Å². The van der Waals surface area contributed by atoms with E-state index < -0.39 is 66.2 Å². The number of nitrogens with zero attached hydrogens (tertiary/aromatic N) is 1. The second-order valence-corrected chi connectivity index (χ2v) is 13.3. The van der Waals surface area contributed by atoms with Crippen molar-refractivity contribution in [1.82, 2.24) is 4.90 Å². The van der Waals surface area contributed by atoms with Crippen molar-refractivity contribution in [3.8, 4) is 0 Å². The first kappa shape index (κ1) is 39.6. The lowest BCUT2D eigenvalue weighted by atomic mass is 9.85. The Balaban J connectivity index is 1.85. The highest BCUT2D eigenvalue weighted by molar-refractivity contribution is 6.24. The van der Waals surface area contributed by atoms with Gasteiger partial charge in [-0.15, -0.1) is 0 Å². The Kier molecular flexibility index (Phi) is 13.2. The summed E-state index contributed by atoms with van der Waals surface area (Å²) in [5.74, 6) is -3.31. The van der Waals surface area contributed by atoms with E-state index in [2.05, 4.69) is 0 Å². The van der Waals surface area contributed by atoms with Gasteiger partial charge >= 0.3 is 6.09 Å². The van der Waals surface area contributed by atoms with Gasteiger partial charge in [0.05, 0.1) is 30.1 Å². The molecule has 12 heteroatoms. The smallest absolute Gasteiger partial charge is 0.405 e. The van der Waals surface area contributed by atoms with Gasteiger partial charge < -0.3 is 30.8 Å². The van der Waals surface area contributed by atoms with E-state index in [0.717, 1.165) is 16.4 Å². The number of primary amides is 1. The summed E-state index contributed by atoms with van der Waals surface area (Å²) in [7, 11) is 2.87. The maximum absolute atomic E-state index is 14.2. The number of nitrogens with two attached hydrogens (primary N) is 2. The number of hydrogen-bond donors (Lipinski definition) is 3. The van der Waals surface area contributed by atoms with E-state index in [1.807, 2.05) is 25.1 Å². The van der Waals surface area contributed by atoms with Gasteiger partial charge in [0.15, 0.2) is 11.9 Å². The van der Waals surface area contributed by atoms with E-state index in [0.29, 0.717) is 16.5 Å². The molecule has 2 aliphatic rings. The van der Waals surface area contributed by atoms with Gasteiger partial charge in [-0.25, -0.2) is 4.79 Å². The molecular formula is C40H47N3O9. The van der Waals surface area contributed by atoms with Crippen LogP contribution in [0.15, 0.2) is 101 Å². The van der Waals surface area contributed by atoms with Crippen LogP contribution in [0.1, 0.15) is 50.9 Å². The molecule has 0 radical (unpaired) electrons. The van der Waals surface area contributed by atoms with Gasteiger partial charge in [-0.2, -0.15) is 0 Å². The van der Waals surface area contributed by atoms with Crippen molar-refractivity contribution < 1.29 is 43.3 Å². The molecule has 4 rings (SSSR count). The molecule has 0 saturated heterocycles. The molecule has 6 atom stereocenters. The van der Waals surface area contributed by atoms with Crippen LogP contribution in [0.25, 0.3) is 10.8 Å². The number of ether oxygens (including phenoxy) is 3. The monoisotopic (exact) mass is 713 g/mol. The summed E-state index contributed by atoms with van der Waals surface area (Å²) < 4.78 is 16.7. The van der Waals surface area contributed by atoms with Crippen molar-refractivity contribution in [3.05, 3.63) is 107 Å². The van der Waals surface area contributed by atoms with Crippen molar-refractivity contribution in [2.45, 2.75) is 65.0 Å². The normalized spacial score (nSPS) is 28.1. The van der Waals surface area contributed by atoms with Gasteiger partial charge in [-0.05, 0) is 49.0 Å². The maximum Gasteiger partial charge on any atom is 0.405 e. The number of fused-ring (bicyclic) bond motifs is 3. The molecule has 0 spiro atoms. The fourth-order valence-electron chi connectivity index (χ4n) is 6.65. The van der Waals surface area contributed by atoms with Crippen LogP contribution in [-0.2, 0) is 28.6 Å². The van der Waals surface area contributed by atoms with E-state index in [-0.39, 0.29) is 41.3 Å². The van der Waals surface area contributed by atoms with Crippen LogP contribution in [-0.4, -0.2) is 84.5 Å². The van der Waals surface area contributed by atoms with Crippen molar-refractivity contribution in [2.75, 3.05) is 20.8 Å². The summed E-state index contributed by atoms with van der Waals surface area (Å²) in [6.45, 7) is 6.27. The molecule has 1 aliphatic carbocycles. The number of aliphatic hydroxyl groups excluding tert-OH is 1. The van der Waals surface area contributed by atoms with Crippen LogP contribution in [0.5, 0.6) is 0 Å². The van der Waals surface area contributed by atoms with Crippen molar-refractivity contribution in [2.24, 2.45) is 23.3 Å². The van der Waals surface area contributed by atoms with Gasteiger partial charge in [-0.3, -0.25) is 24.1 Å². The van der Waals surface area contributed by atoms with Crippen LogP contribution in [0.2, 0.25) is 0 Å². The molecule has 0 unspecified atom stereocenters. The van der Waals surface area contributed by atoms with Crippen LogP contribution in [0.3, 0.4) is 0 Å². The molecule has 276 valence electrons. The third-order valence-corrected chi connectivity index (χ3v) is 9.48. The quantitative estimate of drug-likeness (QED) is 0.219. The zero-order valence-electron chi connectivity index (χ0n) is 30.3. The fourth-order valence-corrected chi connectivity index (χ4v) is 6.65. The Morgan fingerprint density at radius 2 is 1.69 bits per heavy atom. The van der Waals surface area contributed by atoms with Gasteiger partial charge in [0, 0.05) is 42.9 Å². The van der Waals surface area contributed by atoms with Crippen LogP contribution in [0, 0.1) is 11.8 Å². The Morgan fingerprint density at radius 1 is 1.00 bits per heavy atom. The van der Waals surface area contributed by atoms with Gasteiger partial charge in [0.2, 0.25) is 11.6 Å². The molecule has 2 aromatic carbocycles. The van der Waals surface area contributed by atoms with E-state index >= 15 is 0 Å². The highest BCUT2D eigenvalue weighted by atomic mass is 16.6. The number of carbonyl (C=O) groups excluding carboxylic acids is 5. The number of allylic oxidation sites excluding steroid dienone is 4. The Morgan fingerprint density at radius 3 is 2.37 bits per heavy atom. The summed E-state index contributed by atoms with van der Waals surface area (Å²) in [4.78, 5) is 68.7. The Labute approximate surface area is 303 Å². The Bertz CT molecular complexity index is 1880. The number of aliphatic hydroxyl groups is 1. The third-order valence-electron chi connectivity index (χ3n) is 9.48. The zero-order chi connectivity index (χ0) is 38.3. The highest BCUT2D eigenvalue weighted by Crippen LogP contribution is 2.30. The number of rotatable bonds is 6. The first-order valence-corrected chi connectivity index (χ1v) is 17.0. The zero-order valence-corrected chi connectivity index (χ0v) is 30.3. The number of carbonyl (C=O) groups is 5. The van der Waals surface area contributed by atoms with Crippen molar-refractivity contribution >= 4 is 40.1 Å². The molecule has 0 aromatic heterocycles. The third kappa shape index (κ3) is 9.00. The predicted octanol–water partition coefficient (Wildman–Crippen LogP) is 4.47. The molecule has 2 amide bonds. The molecular weight excluding hydrogens is 666 g/mol. The second-order valence-electron chi connectivity index (χ2n) is 13.3. The van der Waals surface area contributed by atoms with Gasteiger partial charge in [-0.1, -0.05) is 80.6 Å². The lowest BCUT2D eigenvalue weighted by Gasteiger charge is -2.30. The molecule has 1 heterocycles. The summed E-state index contributed by atoms with van der Waals surface area (Å²) in [6, 6.07) is 12.5. The molecule has 0 saturated carbocycles. The molecule has 2 aromatic rings. The summed E-state index contributed by atoms with van der Waals surface area (Å²) in [5, 5.41) is 12.8. The van der Waals surface area contributed by atoms with Gasteiger partial charge in [0.25, 0.3) is 5.91 Å². The van der Waals surface area contributed by atoms with Crippen LogP contribution >= 0.6 is 0 Å². The SMILES string of the molecule is CO[C@H]1/C=C\C=C(/C)C(=O)N(CC(=O)c2cccc3ccccc23)C2=CC(=O)C(N)=C(C[C@H](C)C[C@H](OC)[C@H](O)[C@@H](C)/C=C(\C)[C@@H]1OC(N)=O)C2=O. The minimum absolute atomic E-state index is 0.00682. The lowest BCUT2D eigenvalue weighted by molar-refractivity contribution is -0.128. The highest BCUT2D eigenvalue weighted by Gasteiger charge is 2.36. The standard InChI is InChI=1S/C40H47N3O9/c1-22-17-29-35(41)31(44)20-30(37(29)47)43(21-32(45)28-15-10-13-26-12-7-8-14-27(26)28)39(48)23(2)11-9-16-33(50-5)38(52-40(42)49)25(4)19-24(3)36(46)34(18-22)51-6/h7-16,19-20,22,24,33-34,36,38,46H,17-18,21,41H2,1-6H3,(H2,42,49)/b16-9-,23-11+,25-19+/t22-,24-,33-,34-,36+,38-/m0/s1. The molecule has 5 N–H and O–H groups in total. The first-order valence-electron chi connectivity index (χ1n) is 17.0. The number of benzene rings is 2. The Hall–Kier alpha value is -5.17. The maximum atomic E-state index is 14.2. The van der Waals surface area contributed by atoms with Crippen LogP contribution < -0.4 is 11.5 Å². The number of Topliss-reactive ketones (excluding diaryl/α,β-unsaturated/α-hetero) is 2. The summed E-state index contributed by atoms with van der Waals surface area (Å²) >= 11 is 0. The molecule has 52 heavy (non-hydrogen) atoms. The molecule has 12 nitrogen and oxygen atoms in total. The van der Waals surface area contributed by atoms with E-state index in [9.17, 15) is 29.1 Å². The topological polar surface area (TPSA) is 189 Å². The number of amides is 2. The van der Waals surface area contributed by atoms with Crippen molar-refractivity contribution in [1.29, 1.82) is 0 Å². The second kappa shape index (κ2) is 17.4. The largest absolute Gasteiger partial charge is 0.439 e. The number of hydrogen-bond acceptors (Lipinski definition) is 10. The molecule has 2 bridgehead atoms.